The largest absolute Gasteiger partial charge is 0.355 e. The minimum atomic E-state index is 0. The summed E-state index contributed by atoms with van der Waals surface area (Å²) < 4.78 is 0.387. The summed E-state index contributed by atoms with van der Waals surface area (Å²) >= 11 is 2.08. The van der Waals surface area contributed by atoms with Gasteiger partial charge in [-0.25, -0.2) is 0 Å². The zero-order chi connectivity index (χ0) is 13.4. The highest BCUT2D eigenvalue weighted by molar-refractivity contribution is 14.0. The first-order chi connectivity index (χ1) is 8.59. The molecule has 1 fully saturated rings. The van der Waals surface area contributed by atoms with Gasteiger partial charge >= 0.3 is 0 Å². The van der Waals surface area contributed by atoms with Crippen LogP contribution in [-0.4, -0.2) is 61.6 Å². The van der Waals surface area contributed by atoms with E-state index in [1.807, 2.05) is 7.05 Å². The molecule has 0 radical (unpaired) electrons. The first-order valence-corrected chi connectivity index (χ1v) is 7.85. The van der Waals surface area contributed by atoms with Crippen molar-refractivity contribution in [3.63, 3.8) is 0 Å². The Morgan fingerprint density at radius 2 is 2.16 bits per heavy atom. The van der Waals surface area contributed by atoms with E-state index in [-0.39, 0.29) is 24.0 Å². The molecule has 1 aliphatic rings. The summed E-state index contributed by atoms with van der Waals surface area (Å²) in [5.41, 5.74) is 0. The number of halogens is 1. The van der Waals surface area contributed by atoms with Crippen molar-refractivity contribution in [1.82, 2.24) is 15.5 Å². The summed E-state index contributed by atoms with van der Waals surface area (Å²) in [5, 5.41) is 6.81. The molecule has 1 aliphatic heterocycles. The van der Waals surface area contributed by atoms with Gasteiger partial charge in [0.1, 0.15) is 0 Å². The van der Waals surface area contributed by atoms with Crippen LogP contribution in [0.3, 0.4) is 0 Å². The van der Waals surface area contributed by atoms with E-state index >= 15 is 0 Å². The average Bonchev–Trinajstić information content (AvgIpc) is 2.80. The minimum Gasteiger partial charge on any atom is -0.355 e. The van der Waals surface area contributed by atoms with Gasteiger partial charge in [-0.05, 0) is 39.1 Å². The number of hydrogen-bond acceptors (Lipinski definition) is 3. The first-order valence-electron chi connectivity index (χ1n) is 6.86. The second-order valence-electron chi connectivity index (χ2n) is 5.15. The summed E-state index contributed by atoms with van der Waals surface area (Å²) in [7, 11) is 3.97. The molecule has 4 nitrogen and oxygen atoms in total. The Morgan fingerprint density at radius 1 is 1.42 bits per heavy atom. The fourth-order valence-corrected chi connectivity index (χ4v) is 3.24. The van der Waals surface area contributed by atoms with Gasteiger partial charge in [0.25, 0.3) is 0 Å². The van der Waals surface area contributed by atoms with Crippen molar-refractivity contribution in [2.45, 2.75) is 31.4 Å². The van der Waals surface area contributed by atoms with E-state index in [0.717, 1.165) is 32.1 Å². The average molecular weight is 400 g/mol. The van der Waals surface area contributed by atoms with Crippen LogP contribution < -0.4 is 10.6 Å². The van der Waals surface area contributed by atoms with Crippen molar-refractivity contribution >= 4 is 41.7 Å². The van der Waals surface area contributed by atoms with Gasteiger partial charge in [-0.15, -0.1) is 24.0 Å². The molecule has 0 amide bonds. The van der Waals surface area contributed by atoms with Gasteiger partial charge in [0.15, 0.2) is 5.96 Å². The lowest BCUT2D eigenvalue weighted by atomic mass is 10.1. The molecule has 0 aromatic carbocycles. The van der Waals surface area contributed by atoms with Gasteiger partial charge in [-0.3, -0.25) is 4.99 Å². The predicted molar refractivity (Wildman–Crippen MR) is 98.0 cm³/mol. The lowest BCUT2D eigenvalue weighted by molar-refractivity contribution is 0.357. The number of aliphatic imine (C=N–C) groups is 1. The summed E-state index contributed by atoms with van der Waals surface area (Å²) in [4.78, 5) is 6.56. The molecule has 1 heterocycles. The van der Waals surface area contributed by atoms with Crippen LogP contribution in [0.1, 0.15) is 26.7 Å². The highest BCUT2D eigenvalue weighted by Gasteiger charge is 2.29. The zero-order valence-electron chi connectivity index (χ0n) is 12.7. The van der Waals surface area contributed by atoms with Gasteiger partial charge in [0.05, 0.1) is 0 Å². The van der Waals surface area contributed by atoms with Crippen molar-refractivity contribution in [3.05, 3.63) is 0 Å². The van der Waals surface area contributed by atoms with Crippen molar-refractivity contribution in [2.24, 2.45) is 4.99 Å². The molecule has 114 valence electrons. The van der Waals surface area contributed by atoms with E-state index < -0.39 is 0 Å². The molecule has 1 atom stereocenters. The third-order valence-corrected chi connectivity index (χ3v) is 5.02. The topological polar surface area (TPSA) is 39.7 Å². The smallest absolute Gasteiger partial charge is 0.191 e. The van der Waals surface area contributed by atoms with Gasteiger partial charge < -0.3 is 15.5 Å². The van der Waals surface area contributed by atoms with Crippen LogP contribution in [0.5, 0.6) is 0 Å². The Hall–Kier alpha value is 0.310. The minimum absolute atomic E-state index is 0. The molecular weight excluding hydrogens is 371 g/mol. The van der Waals surface area contributed by atoms with Gasteiger partial charge in [0, 0.05) is 31.4 Å². The first kappa shape index (κ1) is 19.3. The quantitative estimate of drug-likeness (QED) is 0.407. The lowest BCUT2D eigenvalue weighted by Gasteiger charge is -2.24. The van der Waals surface area contributed by atoms with Gasteiger partial charge in [-0.1, -0.05) is 6.92 Å². The van der Waals surface area contributed by atoms with Gasteiger partial charge in [0.2, 0.25) is 0 Å². The molecule has 0 spiro atoms. The fraction of sp³-hybridized carbons (Fsp3) is 0.923. The number of likely N-dealkylation sites (N-methyl/N-ethyl adjacent to an activating group) is 1. The maximum atomic E-state index is 4.27. The van der Waals surface area contributed by atoms with Crippen LogP contribution in [0, 0.1) is 0 Å². The normalized spacial score (nSPS) is 23.3. The molecule has 2 N–H and O–H groups in total. The molecule has 0 aliphatic carbocycles. The van der Waals surface area contributed by atoms with E-state index in [0.29, 0.717) is 4.75 Å². The summed E-state index contributed by atoms with van der Waals surface area (Å²) in [5.74, 6) is 2.22. The van der Waals surface area contributed by atoms with Crippen LogP contribution in [0.25, 0.3) is 0 Å². The molecule has 0 aromatic rings. The third kappa shape index (κ3) is 7.60. The number of hydrogen-bond donors (Lipinski definition) is 2. The Bertz CT molecular complexity index is 267. The van der Waals surface area contributed by atoms with E-state index in [9.17, 15) is 0 Å². The summed E-state index contributed by atoms with van der Waals surface area (Å²) in [6.07, 6.45) is 2.65. The Balaban J connectivity index is 0.00000324. The lowest BCUT2D eigenvalue weighted by Crippen LogP contribution is -2.45. The van der Waals surface area contributed by atoms with Gasteiger partial charge in [-0.2, -0.15) is 11.8 Å². The second kappa shape index (κ2) is 10.1. The van der Waals surface area contributed by atoms with Crippen LogP contribution in [0.4, 0.5) is 0 Å². The van der Waals surface area contributed by atoms with Crippen molar-refractivity contribution < 1.29 is 0 Å². The summed E-state index contributed by atoms with van der Waals surface area (Å²) in [6.45, 7) is 8.58. The van der Waals surface area contributed by atoms with Crippen LogP contribution in [0.15, 0.2) is 4.99 Å². The monoisotopic (exact) mass is 400 g/mol. The Morgan fingerprint density at radius 3 is 2.68 bits per heavy atom. The van der Waals surface area contributed by atoms with Crippen LogP contribution in [-0.2, 0) is 0 Å². The summed E-state index contributed by atoms with van der Waals surface area (Å²) in [6, 6.07) is 0. The standard InChI is InChI=1S/C13H28N4S.HI/c1-5-17(4)9-8-15-12(14-3)16-11-13(2)7-6-10-18-13;/h5-11H2,1-4H3,(H2,14,15,16);1H. The molecule has 1 saturated heterocycles. The van der Waals surface area contributed by atoms with E-state index in [1.54, 1.807) is 0 Å². The maximum Gasteiger partial charge on any atom is 0.191 e. The van der Waals surface area contributed by atoms with E-state index in [2.05, 4.69) is 53.2 Å². The van der Waals surface area contributed by atoms with Crippen molar-refractivity contribution in [1.29, 1.82) is 0 Å². The fourth-order valence-electron chi connectivity index (χ4n) is 1.99. The SMILES string of the molecule is CCN(C)CCNC(=NC)NCC1(C)CCCS1.I. The Labute approximate surface area is 139 Å². The second-order valence-corrected chi connectivity index (χ2v) is 6.83. The van der Waals surface area contributed by atoms with E-state index in [4.69, 9.17) is 0 Å². The molecule has 1 unspecified atom stereocenters. The van der Waals surface area contributed by atoms with Crippen LogP contribution >= 0.6 is 35.7 Å². The highest BCUT2D eigenvalue weighted by atomic mass is 127. The highest BCUT2D eigenvalue weighted by Crippen LogP contribution is 2.36. The zero-order valence-corrected chi connectivity index (χ0v) is 15.8. The number of rotatable bonds is 6. The van der Waals surface area contributed by atoms with Crippen molar-refractivity contribution in [3.8, 4) is 0 Å². The number of nitrogens with zero attached hydrogens (tertiary/aromatic N) is 2. The number of nitrogens with one attached hydrogen (secondary N) is 2. The number of thioether (sulfide) groups is 1. The third-order valence-electron chi connectivity index (χ3n) is 3.48. The molecule has 0 bridgehead atoms. The molecular formula is C13H29IN4S. The Kier molecular flexibility index (Phi) is 10.3. The molecule has 19 heavy (non-hydrogen) atoms. The van der Waals surface area contributed by atoms with E-state index in [1.165, 1.54) is 18.6 Å². The molecule has 6 heteroatoms. The molecule has 0 aromatic heterocycles. The molecule has 1 rings (SSSR count). The number of guanidine groups is 1. The molecule has 0 saturated carbocycles. The van der Waals surface area contributed by atoms with Crippen LogP contribution in [0.2, 0.25) is 0 Å². The van der Waals surface area contributed by atoms with Crippen molar-refractivity contribution in [2.75, 3.05) is 46.0 Å². The maximum absolute atomic E-state index is 4.27. The predicted octanol–water partition coefficient (Wildman–Crippen LogP) is 2.01.